The molecule has 2 N–H and O–H groups in total. The predicted molar refractivity (Wildman–Crippen MR) is 120 cm³/mol. The molecule has 0 spiro atoms. The van der Waals surface area contributed by atoms with E-state index in [2.05, 4.69) is 5.32 Å². The van der Waals surface area contributed by atoms with Gasteiger partial charge < -0.3 is 20.1 Å². The third kappa shape index (κ3) is 6.92. The molecule has 1 aromatic carbocycles. The number of carbonyl (C=O) groups excluding carboxylic acids is 3. The number of cyclic esters (lactones) is 1. The summed E-state index contributed by atoms with van der Waals surface area (Å²) in [6, 6.07) is 8.78. The van der Waals surface area contributed by atoms with Crippen molar-refractivity contribution in [3.8, 4) is 0 Å². The minimum absolute atomic E-state index is 0.0516. The maximum absolute atomic E-state index is 13.2. The van der Waals surface area contributed by atoms with Crippen molar-refractivity contribution in [3.63, 3.8) is 0 Å². The lowest BCUT2D eigenvalue weighted by Gasteiger charge is -2.26. The van der Waals surface area contributed by atoms with Crippen LogP contribution in [-0.2, 0) is 19.1 Å². The highest BCUT2D eigenvalue weighted by Crippen LogP contribution is 2.22. The molecule has 0 radical (unpaired) electrons. The molecule has 0 bridgehead atoms. The van der Waals surface area contributed by atoms with Crippen molar-refractivity contribution in [1.29, 1.82) is 0 Å². The number of nitrogens with one attached hydrogen (secondary N) is 1. The average Bonchev–Trinajstić information content (AvgIpc) is 3.29. The largest absolute Gasteiger partial charge is 0.463 e. The van der Waals surface area contributed by atoms with E-state index >= 15 is 0 Å². The highest BCUT2D eigenvalue weighted by molar-refractivity contribution is 5.86. The van der Waals surface area contributed by atoms with Gasteiger partial charge in [-0.15, -0.1) is 0 Å². The number of likely N-dealkylation sites (tertiary alicyclic amines) is 1. The molecule has 7 nitrogen and oxygen atoms in total. The van der Waals surface area contributed by atoms with Gasteiger partial charge in [-0.2, -0.15) is 0 Å². The number of allylic oxidation sites excluding steroid dienone is 2. The molecule has 2 amide bonds. The van der Waals surface area contributed by atoms with Crippen LogP contribution in [0, 0.1) is 5.92 Å². The number of aliphatic hydroxyl groups excluding tert-OH is 1. The van der Waals surface area contributed by atoms with Crippen LogP contribution in [-0.4, -0.2) is 53.6 Å². The highest BCUT2D eigenvalue weighted by atomic mass is 16.5. The predicted octanol–water partition coefficient (Wildman–Crippen LogP) is 2.90. The number of carbonyl (C=O) groups is 3. The molecule has 0 saturated carbocycles. The van der Waals surface area contributed by atoms with Gasteiger partial charge >= 0.3 is 5.97 Å². The van der Waals surface area contributed by atoms with E-state index in [1.165, 1.54) is 0 Å². The molecule has 2 aliphatic heterocycles. The fourth-order valence-electron chi connectivity index (χ4n) is 4.32. The van der Waals surface area contributed by atoms with Crippen LogP contribution in [0.3, 0.4) is 0 Å². The fraction of sp³-hybridized carbons (Fsp3) is 0.560. The van der Waals surface area contributed by atoms with Crippen LogP contribution < -0.4 is 5.32 Å². The number of esters is 1. The Balaban J connectivity index is 1.76. The van der Waals surface area contributed by atoms with Gasteiger partial charge in [-0.25, -0.2) is 0 Å². The second-order valence-electron chi connectivity index (χ2n) is 8.57. The summed E-state index contributed by atoms with van der Waals surface area (Å²) in [5, 5.41) is 12.6. The SMILES string of the molecule is O=C1CCCCC=CC[C@H](CC(=O)N2CCC[C@H]2CO)C(=O)N[C@@H](c2ccccc2)CO1. The molecule has 174 valence electrons. The summed E-state index contributed by atoms with van der Waals surface area (Å²) in [5.41, 5.74) is 0.848. The van der Waals surface area contributed by atoms with Crippen LogP contribution in [0.2, 0.25) is 0 Å². The quantitative estimate of drug-likeness (QED) is 0.552. The van der Waals surface area contributed by atoms with Crippen LogP contribution in [0.25, 0.3) is 0 Å². The first-order valence-corrected chi connectivity index (χ1v) is 11.6. The second-order valence-corrected chi connectivity index (χ2v) is 8.57. The van der Waals surface area contributed by atoms with E-state index in [1.54, 1.807) is 4.90 Å². The number of rotatable bonds is 4. The Hall–Kier alpha value is -2.67. The van der Waals surface area contributed by atoms with E-state index < -0.39 is 12.0 Å². The lowest BCUT2D eigenvalue weighted by molar-refractivity contribution is -0.145. The molecule has 0 aliphatic carbocycles. The first kappa shape index (κ1) is 24.0. The van der Waals surface area contributed by atoms with Crippen molar-refractivity contribution in [2.24, 2.45) is 5.92 Å². The number of hydrogen-bond donors (Lipinski definition) is 2. The number of hydrogen-bond acceptors (Lipinski definition) is 5. The van der Waals surface area contributed by atoms with Gasteiger partial charge in [0.15, 0.2) is 0 Å². The zero-order valence-electron chi connectivity index (χ0n) is 18.6. The Morgan fingerprint density at radius 3 is 2.72 bits per heavy atom. The van der Waals surface area contributed by atoms with Crippen molar-refractivity contribution in [1.82, 2.24) is 10.2 Å². The molecule has 0 unspecified atom stereocenters. The van der Waals surface area contributed by atoms with E-state index in [-0.39, 0.29) is 43.5 Å². The molecule has 7 heteroatoms. The van der Waals surface area contributed by atoms with Gasteiger partial charge in [-0.3, -0.25) is 14.4 Å². The second kappa shape index (κ2) is 12.4. The highest BCUT2D eigenvalue weighted by Gasteiger charge is 2.32. The minimum atomic E-state index is -0.524. The van der Waals surface area contributed by atoms with Gasteiger partial charge in [-0.05, 0) is 44.1 Å². The van der Waals surface area contributed by atoms with Gasteiger partial charge in [0.2, 0.25) is 11.8 Å². The molecular weight excluding hydrogens is 408 g/mol. The first-order valence-electron chi connectivity index (χ1n) is 11.6. The smallest absolute Gasteiger partial charge is 0.305 e. The van der Waals surface area contributed by atoms with Gasteiger partial charge in [0.25, 0.3) is 0 Å². The van der Waals surface area contributed by atoms with Crippen LogP contribution >= 0.6 is 0 Å². The van der Waals surface area contributed by atoms with E-state index in [0.717, 1.165) is 37.7 Å². The Morgan fingerprint density at radius 2 is 1.94 bits per heavy atom. The first-order chi connectivity index (χ1) is 15.6. The van der Waals surface area contributed by atoms with E-state index in [0.29, 0.717) is 19.4 Å². The normalized spacial score (nSPS) is 25.7. The maximum atomic E-state index is 13.2. The fourth-order valence-corrected chi connectivity index (χ4v) is 4.32. The minimum Gasteiger partial charge on any atom is -0.463 e. The number of nitrogens with zero attached hydrogens (tertiary/aromatic N) is 1. The van der Waals surface area contributed by atoms with Crippen molar-refractivity contribution in [3.05, 3.63) is 48.0 Å². The Kier molecular flexibility index (Phi) is 9.28. The topological polar surface area (TPSA) is 95.9 Å². The average molecular weight is 443 g/mol. The summed E-state index contributed by atoms with van der Waals surface area (Å²) in [4.78, 5) is 40.0. The van der Waals surface area contributed by atoms with Crippen LogP contribution in [0.1, 0.15) is 63.0 Å². The third-order valence-corrected chi connectivity index (χ3v) is 6.22. The van der Waals surface area contributed by atoms with E-state index in [4.69, 9.17) is 4.74 Å². The summed E-state index contributed by atoms with van der Waals surface area (Å²) in [6.07, 6.45) is 9.01. The van der Waals surface area contributed by atoms with E-state index in [1.807, 2.05) is 42.5 Å². The standard InChI is InChI=1S/C25H34N2O5/c28-17-21-13-9-15-27(21)23(29)16-20-12-5-2-1-3-8-14-24(30)32-18-22(26-25(20)31)19-10-6-4-7-11-19/h2,4-7,10-11,20-22,28H,1,3,8-9,12-18H2,(H,26,31)/t20-,21+,22-/m1/s1. The Morgan fingerprint density at radius 1 is 1.12 bits per heavy atom. The van der Waals surface area contributed by atoms with Gasteiger partial charge in [0.05, 0.1) is 24.6 Å². The summed E-state index contributed by atoms with van der Waals surface area (Å²) >= 11 is 0. The van der Waals surface area contributed by atoms with E-state index in [9.17, 15) is 19.5 Å². The molecule has 1 saturated heterocycles. The number of aliphatic hydroxyl groups is 1. The summed E-state index contributed by atoms with van der Waals surface area (Å²) in [7, 11) is 0. The molecule has 3 rings (SSSR count). The van der Waals surface area contributed by atoms with Crippen molar-refractivity contribution in [2.75, 3.05) is 19.8 Å². The summed E-state index contributed by atoms with van der Waals surface area (Å²) in [6.45, 7) is 0.630. The lowest BCUT2D eigenvalue weighted by Crippen LogP contribution is -2.42. The number of benzene rings is 1. The van der Waals surface area contributed by atoms with Gasteiger partial charge in [0, 0.05) is 19.4 Å². The Labute approximate surface area is 189 Å². The number of amides is 2. The van der Waals surface area contributed by atoms with Crippen LogP contribution in [0.15, 0.2) is 42.5 Å². The molecule has 1 aromatic rings. The maximum Gasteiger partial charge on any atom is 0.305 e. The summed E-state index contributed by atoms with van der Waals surface area (Å²) in [5.74, 6) is -1.12. The molecule has 0 aromatic heterocycles. The monoisotopic (exact) mass is 442 g/mol. The van der Waals surface area contributed by atoms with Gasteiger partial charge in [-0.1, -0.05) is 42.5 Å². The molecule has 1 fully saturated rings. The zero-order valence-corrected chi connectivity index (χ0v) is 18.6. The van der Waals surface area contributed by atoms with Crippen molar-refractivity contribution in [2.45, 2.75) is 63.5 Å². The van der Waals surface area contributed by atoms with Gasteiger partial charge in [0.1, 0.15) is 6.61 Å². The molecule has 2 aliphatic rings. The van der Waals surface area contributed by atoms with Crippen LogP contribution in [0.5, 0.6) is 0 Å². The van der Waals surface area contributed by atoms with Crippen molar-refractivity contribution < 1.29 is 24.2 Å². The number of ether oxygens (including phenoxy) is 1. The zero-order chi connectivity index (χ0) is 22.8. The molecule has 32 heavy (non-hydrogen) atoms. The van der Waals surface area contributed by atoms with Crippen LogP contribution in [0.4, 0.5) is 0 Å². The molecule has 2 heterocycles. The lowest BCUT2D eigenvalue weighted by atomic mass is 9.97. The molecular formula is C25H34N2O5. The Bertz CT molecular complexity index is 795. The molecule has 3 atom stereocenters. The third-order valence-electron chi connectivity index (χ3n) is 6.22. The van der Waals surface area contributed by atoms with Crippen molar-refractivity contribution >= 4 is 17.8 Å². The summed E-state index contributed by atoms with van der Waals surface area (Å²) < 4.78 is 5.45.